The average molecular weight is 539 g/mol. The Morgan fingerprint density at radius 2 is 1.80 bits per heavy atom. The molecular weight excluding hydrogens is 504 g/mol. The number of aromatic nitrogens is 2. The highest BCUT2D eigenvalue weighted by atomic mass is 16.5. The molecule has 1 aliphatic heterocycles. The lowest BCUT2D eigenvalue weighted by Crippen LogP contribution is -2.44. The normalized spacial score (nSPS) is 14.8. The van der Waals surface area contributed by atoms with E-state index in [-0.39, 0.29) is 24.3 Å². The Bertz CT molecular complexity index is 1510. The molecule has 4 rings (SSSR count). The van der Waals surface area contributed by atoms with E-state index in [1.807, 2.05) is 67.7 Å². The van der Waals surface area contributed by atoms with Gasteiger partial charge in [0.15, 0.2) is 0 Å². The number of carbonyl (C=O) groups is 2. The van der Waals surface area contributed by atoms with E-state index in [4.69, 9.17) is 14.6 Å². The van der Waals surface area contributed by atoms with Crippen LogP contribution in [0.1, 0.15) is 38.3 Å². The molecule has 0 aliphatic carbocycles. The van der Waals surface area contributed by atoms with Gasteiger partial charge in [0.2, 0.25) is 0 Å². The van der Waals surface area contributed by atoms with Crippen LogP contribution < -0.4 is 4.74 Å². The highest BCUT2D eigenvalue weighted by molar-refractivity contribution is 6.19. The summed E-state index contributed by atoms with van der Waals surface area (Å²) in [4.78, 5) is 27.4. The predicted molar refractivity (Wildman–Crippen MR) is 154 cm³/mol. The quantitative estimate of drug-likeness (QED) is 0.249. The van der Waals surface area contributed by atoms with Crippen molar-refractivity contribution >= 4 is 17.9 Å². The summed E-state index contributed by atoms with van der Waals surface area (Å²) < 4.78 is 12.9. The number of rotatable bonds is 10. The second-order valence-electron chi connectivity index (χ2n) is 10.1. The van der Waals surface area contributed by atoms with Gasteiger partial charge in [-0.25, -0.2) is 4.68 Å². The topological polar surface area (TPSA) is 97.5 Å². The van der Waals surface area contributed by atoms with Crippen molar-refractivity contribution < 1.29 is 19.1 Å². The summed E-state index contributed by atoms with van der Waals surface area (Å²) in [7, 11) is 1.49. The van der Waals surface area contributed by atoms with Gasteiger partial charge in [-0.05, 0) is 73.7 Å². The fraction of sp³-hybridized carbons (Fsp3) is 0.312. The number of hydrogen-bond acceptors (Lipinski definition) is 6. The van der Waals surface area contributed by atoms with Gasteiger partial charge in [0, 0.05) is 30.0 Å². The van der Waals surface area contributed by atoms with E-state index in [0.29, 0.717) is 29.4 Å². The molecule has 2 aromatic carbocycles. The van der Waals surface area contributed by atoms with Crippen LogP contribution in [0.5, 0.6) is 5.75 Å². The summed E-state index contributed by atoms with van der Waals surface area (Å²) in [6, 6.07) is 17.6. The zero-order valence-electron chi connectivity index (χ0n) is 23.6. The molecule has 3 aromatic rings. The molecule has 1 aliphatic rings. The number of methoxy groups -OCH3 is 1. The van der Waals surface area contributed by atoms with E-state index >= 15 is 0 Å². The third kappa shape index (κ3) is 6.05. The average Bonchev–Trinajstić information content (AvgIpc) is 3.36. The maximum Gasteiger partial charge on any atom is 0.271 e. The lowest BCUT2D eigenvalue weighted by atomic mass is 9.93. The molecule has 0 spiro atoms. The van der Waals surface area contributed by atoms with Gasteiger partial charge >= 0.3 is 0 Å². The molecule has 2 amide bonds. The van der Waals surface area contributed by atoms with Crippen LogP contribution in [0.3, 0.4) is 0 Å². The van der Waals surface area contributed by atoms with Crippen LogP contribution >= 0.6 is 0 Å². The summed E-state index contributed by atoms with van der Waals surface area (Å²) in [5.74, 6) is 0.295. The Labute approximate surface area is 235 Å². The van der Waals surface area contributed by atoms with E-state index in [9.17, 15) is 14.9 Å². The largest absolute Gasteiger partial charge is 0.493 e. The molecule has 0 unspecified atom stereocenters. The van der Waals surface area contributed by atoms with E-state index in [1.165, 1.54) is 7.11 Å². The van der Waals surface area contributed by atoms with Gasteiger partial charge in [-0.2, -0.15) is 10.4 Å². The Kier molecular flexibility index (Phi) is 8.97. The zero-order valence-corrected chi connectivity index (χ0v) is 23.6. The molecule has 0 fully saturated rings. The van der Waals surface area contributed by atoms with Crippen molar-refractivity contribution in [3.8, 4) is 28.8 Å². The maximum absolute atomic E-state index is 13.5. The fourth-order valence-electron chi connectivity index (χ4n) is 4.46. The molecule has 8 heteroatoms. The smallest absolute Gasteiger partial charge is 0.271 e. The number of nitrogens with zero attached hydrogens (tertiary/aromatic N) is 4. The van der Waals surface area contributed by atoms with Crippen molar-refractivity contribution in [3.05, 3.63) is 82.6 Å². The molecule has 0 saturated carbocycles. The first-order valence-corrected chi connectivity index (χ1v) is 13.3. The van der Waals surface area contributed by atoms with Crippen molar-refractivity contribution in [1.82, 2.24) is 14.7 Å². The van der Waals surface area contributed by atoms with Crippen LogP contribution in [0.2, 0.25) is 0 Å². The van der Waals surface area contributed by atoms with Crippen LogP contribution in [0.25, 0.3) is 23.0 Å². The first-order chi connectivity index (χ1) is 19.2. The van der Waals surface area contributed by atoms with Gasteiger partial charge in [-0.15, -0.1) is 0 Å². The van der Waals surface area contributed by atoms with Crippen molar-refractivity contribution in [2.24, 2.45) is 5.92 Å². The Morgan fingerprint density at radius 3 is 2.45 bits per heavy atom. The van der Waals surface area contributed by atoms with E-state index in [2.05, 4.69) is 13.8 Å². The molecule has 0 atom stereocenters. The highest BCUT2D eigenvalue weighted by Crippen LogP contribution is 2.33. The molecule has 2 heterocycles. The second kappa shape index (κ2) is 12.6. The van der Waals surface area contributed by atoms with Crippen LogP contribution in [0.4, 0.5) is 0 Å². The number of nitriles is 1. The molecule has 1 aromatic heterocycles. The minimum atomic E-state index is -0.608. The first kappa shape index (κ1) is 28.5. The number of hydrogen-bond donors (Lipinski definition) is 0. The second-order valence-corrected chi connectivity index (χ2v) is 10.1. The van der Waals surface area contributed by atoms with Crippen molar-refractivity contribution in [3.63, 3.8) is 0 Å². The van der Waals surface area contributed by atoms with Gasteiger partial charge in [-0.3, -0.25) is 14.5 Å². The van der Waals surface area contributed by atoms with Gasteiger partial charge < -0.3 is 9.47 Å². The van der Waals surface area contributed by atoms with Crippen molar-refractivity contribution in [2.45, 2.75) is 34.1 Å². The summed E-state index contributed by atoms with van der Waals surface area (Å²) in [5.41, 5.74) is 4.58. The molecule has 0 N–H and O–H groups in total. The number of ether oxygens (including phenoxy) is 2. The maximum atomic E-state index is 13.5. The first-order valence-electron chi connectivity index (χ1n) is 13.3. The van der Waals surface area contributed by atoms with Crippen molar-refractivity contribution in [1.29, 1.82) is 5.26 Å². The summed E-state index contributed by atoms with van der Waals surface area (Å²) in [6.07, 6.45) is 4.53. The number of carbonyl (C=O) groups excluding carboxylic acids is 2. The van der Waals surface area contributed by atoms with E-state index in [0.717, 1.165) is 33.9 Å². The molecule has 0 bridgehead atoms. The Morgan fingerprint density at radius 1 is 1.05 bits per heavy atom. The van der Waals surface area contributed by atoms with Gasteiger partial charge in [0.1, 0.15) is 17.4 Å². The molecule has 206 valence electrons. The van der Waals surface area contributed by atoms with E-state index in [1.54, 1.807) is 17.7 Å². The zero-order chi connectivity index (χ0) is 28.8. The Hall–Kier alpha value is -4.48. The minimum absolute atomic E-state index is 0.0531. The third-order valence-electron chi connectivity index (χ3n) is 6.81. The monoisotopic (exact) mass is 538 g/mol. The highest BCUT2D eigenvalue weighted by Gasteiger charge is 2.35. The number of benzene rings is 2. The standard InChI is InChI=1S/C32H34N4O4/c1-21(2)13-15-40-29-12-11-24(17-22(29)3)30-25(20-36(34-30)26-9-7-6-8-10-26)18-27-23(4)28(19-33)32(38)35(31(27)37)14-16-39-5/h6-12,17-18,20-21H,13-16H2,1-5H3/b27-18+. The number of aryl methyl sites for hydroxylation is 1. The number of para-hydroxylation sites is 1. The third-order valence-corrected chi connectivity index (χ3v) is 6.81. The van der Waals surface area contributed by atoms with Gasteiger partial charge in [0.25, 0.3) is 11.8 Å². The lowest BCUT2D eigenvalue weighted by molar-refractivity contribution is -0.141. The summed E-state index contributed by atoms with van der Waals surface area (Å²) >= 11 is 0. The molecule has 0 saturated heterocycles. The molecule has 8 nitrogen and oxygen atoms in total. The van der Waals surface area contributed by atoms with Crippen LogP contribution in [-0.2, 0) is 14.3 Å². The molecular formula is C32H34N4O4. The van der Waals surface area contributed by atoms with Gasteiger partial charge in [0.05, 0.1) is 31.1 Å². The Balaban J connectivity index is 1.82. The van der Waals surface area contributed by atoms with Crippen LogP contribution in [0.15, 0.2) is 71.4 Å². The van der Waals surface area contributed by atoms with Crippen molar-refractivity contribution in [2.75, 3.05) is 26.9 Å². The summed E-state index contributed by atoms with van der Waals surface area (Å²) in [6.45, 7) is 8.82. The fourth-order valence-corrected chi connectivity index (χ4v) is 4.46. The van der Waals surface area contributed by atoms with Crippen LogP contribution in [-0.4, -0.2) is 53.4 Å². The predicted octanol–water partition coefficient (Wildman–Crippen LogP) is 5.51. The summed E-state index contributed by atoms with van der Waals surface area (Å²) in [5, 5.41) is 14.6. The molecule has 0 radical (unpaired) electrons. The molecule has 40 heavy (non-hydrogen) atoms. The lowest BCUT2D eigenvalue weighted by Gasteiger charge is -2.27. The van der Waals surface area contributed by atoms with Crippen LogP contribution in [0, 0.1) is 24.2 Å². The SMILES string of the molecule is COCCN1C(=O)C(C#N)=C(C)/C(=C\c2cn(-c3ccccc3)nc2-c2ccc(OCCC(C)C)c(C)c2)C1=O. The number of imide groups is 1. The minimum Gasteiger partial charge on any atom is -0.493 e. The van der Waals surface area contributed by atoms with Gasteiger partial charge in [-0.1, -0.05) is 32.0 Å². The van der Waals surface area contributed by atoms with E-state index < -0.39 is 11.8 Å². The number of amides is 2.